The summed E-state index contributed by atoms with van der Waals surface area (Å²) < 4.78 is 5.23. The smallest absolute Gasteiger partial charge is 0.243 e. The van der Waals surface area contributed by atoms with Gasteiger partial charge in [0.05, 0.1) is 13.5 Å². The molecule has 0 aromatic heterocycles. The zero-order chi connectivity index (χ0) is 25.9. The molecule has 4 rings (SSSR count). The van der Waals surface area contributed by atoms with Crippen LogP contribution in [-0.2, 0) is 35.5 Å². The standard InChI is InChI=1S/C32H32N2O3/c1-37-29-19-17-27(18-20-29)23-33-32(36)30(21-25-11-5-2-6-12-25)34(24-28-15-9-4-10-16-28)31(35)22-26-13-7-3-8-14-26/h2-20,30H,21-24H2,1H3,(H,33,36). The van der Waals surface area contributed by atoms with Crippen LogP contribution in [0, 0.1) is 0 Å². The SMILES string of the molecule is COc1ccc(CNC(=O)C(Cc2ccccc2)N(Cc2ccccc2)C(=O)Cc2ccccc2)cc1. The predicted octanol–water partition coefficient (Wildman–Crippen LogP) is 5.19. The van der Waals surface area contributed by atoms with Crippen molar-refractivity contribution in [1.29, 1.82) is 0 Å². The van der Waals surface area contributed by atoms with Crippen molar-refractivity contribution >= 4 is 11.8 Å². The first-order chi connectivity index (χ1) is 18.1. The van der Waals surface area contributed by atoms with Crippen molar-refractivity contribution in [2.75, 3.05) is 7.11 Å². The summed E-state index contributed by atoms with van der Waals surface area (Å²) in [4.78, 5) is 29.2. The van der Waals surface area contributed by atoms with Crippen molar-refractivity contribution in [3.05, 3.63) is 138 Å². The van der Waals surface area contributed by atoms with Gasteiger partial charge in [0.1, 0.15) is 11.8 Å². The van der Waals surface area contributed by atoms with E-state index in [1.54, 1.807) is 12.0 Å². The van der Waals surface area contributed by atoms with E-state index < -0.39 is 6.04 Å². The van der Waals surface area contributed by atoms with Crippen molar-refractivity contribution < 1.29 is 14.3 Å². The molecule has 0 fully saturated rings. The highest BCUT2D eigenvalue weighted by Gasteiger charge is 2.30. The molecule has 1 unspecified atom stereocenters. The summed E-state index contributed by atoms with van der Waals surface area (Å²) in [5.41, 5.74) is 3.85. The third-order valence-corrected chi connectivity index (χ3v) is 6.29. The van der Waals surface area contributed by atoms with Crippen LogP contribution in [0.4, 0.5) is 0 Å². The van der Waals surface area contributed by atoms with E-state index in [1.165, 1.54) is 0 Å². The lowest BCUT2D eigenvalue weighted by Gasteiger charge is -2.31. The number of hydrogen-bond acceptors (Lipinski definition) is 3. The molecule has 4 aromatic rings. The number of nitrogens with one attached hydrogen (secondary N) is 1. The molecule has 0 saturated carbocycles. The summed E-state index contributed by atoms with van der Waals surface area (Å²) in [6.45, 7) is 0.708. The Hall–Kier alpha value is -4.38. The summed E-state index contributed by atoms with van der Waals surface area (Å²) in [6, 6.07) is 36.2. The fourth-order valence-corrected chi connectivity index (χ4v) is 4.26. The van der Waals surface area contributed by atoms with Gasteiger partial charge in [-0.3, -0.25) is 9.59 Å². The topological polar surface area (TPSA) is 58.6 Å². The van der Waals surface area contributed by atoms with Crippen molar-refractivity contribution in [1.82, 2.24) is 10.2 Å². The molecule has 188 valence electrons. The fraction of sp³-hybridized carbons (Fsp3) is 0.188. The van der Waals surface area contributed by atoms with Gasteiger partial charge in [0.2, 0.25) is 11.8 Å². The molecule has 0 aliphatic carbocycles. The lowest BCUT2D eigenvalue weighted by molar-refractivity contribution is -0.140. The van der Waals surface area contributed by atoms with Gasteiger partial charge in [0.15, 0.2) is 0 Å². The Labute approximate surface area is 218 Å². The number of carbonyl (C=O) groups excluding carboxylic acids is 2. The minimum absolute atomic E-state index is 0.0874. The first kappa shape index (κ1) is 25.7. The number of ether oxygens (including phenoxy) is 1. The Bertz CT molecular complexity index is 1260. The molecule has 2 amide bonds. The van der Waals surface area contributed by atoms with Gasteiger partial charge < -0.3 is 15.0 Å². The summed E-state index contributed by atoms with van der Waals surface area (Å²) in [5, 5.41) is 3.07. The van der Waals surface area contributed by atoms with E-state index in [1.807, 2.05) is 115 Å². The van der Waals surface area contributed by atoms with Gasteiger partial charge in [-0.1, -0.05) is 103 Å². The summed E-state index contributed by atoms with van der Waals surface area (Å²) in [5.74, 6) is 0.491. The minimum Gasteiger partial charge on any atom is -0.497 e. The Morgan fingerprint density at radius 2 is 1.24 bits per heavy atom. The molecule has 5 heteroatoms. The molecule has 0 saturated heterocycles. The van der Waals surface area contributed by atoms with Gasteiger partial charge in [-0.05, 0) is 34.4 Å². The fourth-order valence-electron chi connectivity index (χ4n) is 4.26. The molecule has 0 radical (unpaired) electrons. The van der Waals surface area contributed by atoms with E-state index in [4.69, 9.17) is 4.74 Å². The highest BCUT2D eigenvalue weighted by Crippen LogP contribution is 2.17. The molecular formula is C32H32N2O3. The maximum Gasteiger partial charge on any atom is 0.243 e. The second kappa shape index (κ2) is 13.1. The molecule has 0 bridgehead atoms. The number of amides is 2. The van der Waals surface area contributed by atoms with Crippen molar-refractivity contribution in [3.8, 4) is 5.75 Å². The Balaban J connectivity index is 1.61. The maximum atomic E-state index is 13.7. The number of benzene rings is 4. The molecule has 0 spiro atoms. The van der Waals surface area contributed by atoms with Gasteiger partial charge in [0.25, 0.3) is 0 Å². The molecule has 1 N–H and O–H groups in total. The number of rotatable bonds is 11. The number of carbonyl (C=O) groups is 2. The largest absolute Gasteiger partial charge is 0.497 e. The molecular weight excluding hydrogens is 460 g/mol. The molecule has 0 aliphatic heterocycles. The molecule has 1 atom stereocenters. The quantitative estimate of drug-likeness (QED) is 0.313. The zero-order valence-corrected chi connectivity index (χ0v) is 21.0. The van der Waals surface area contributed by atoms with Crippen LogP contribution in [0.1, 0.15) is 22.3 Å². The van der Waals surface area contributed by atoms with Gasteiger partial charge in [-0.2, -0.15) is 0 Å². The predicted molar refractivity (Wildman–Crippen MR) is 146 cm³/mol. The van der Waals surface area contributed by atoms with E-state index >= 15 is 0 Å². The highest BCUT2D eigenvalue weighted by molar-refractivity contribution is 5.88. The summed E-state index contributed by atoms with van der Waals surface area (Å²) >= 11 is 0. The molecule has 37 heavy (non-hydrogen) atoms. The Morgan fingerprint density at radius 3 is 1.81 bits per heavy atom. The van der Waals surface area contributed by atoms with E-state index in [-0.39, 0.29) is 18.2 Å². The van der Waals surface area contributed by atoms with Crippen LogP contribution in [0.15, 0.2) is 115 Å². The average Bonchev–Trinajstić information content (AvgIpc) is 2.95. The summed E-state index contributed by atoms with van der Waals surface area (Å²) in [6.07, 6.45) is 0.646. The van der Waals surface area contributed by atoms with E-state index in [2.05, 4.69) is 5.32 Å². The summed E-state index contributed by atoms with van der Waals surface area (Å²) in [7, 11) is 1.62. The lowest BCUT2D eigenvalue weighted by Crippen LogP contribution is -2.50. The minimum atomic E-state index is -0.669. The van der Waals surface area contributed by atoms with Crippen molar-refractivity contribution in [3.63, 3.8) is 0 Å². The van der Waals surface area contributed by atoms with Gasteiger partial charge in [0, 0.05) is 19.5 Å². The van der Waals surface area contributed by atoms with Gasteiger partial charge >= 0.3 is 0 Å². The Kier molecular flexibility index (Phi) is 9.08. The van der Waals surface area contributed by atoms with Crippen LogP contribution in [-0.4, -0.2) is 29.9 Å². The highest BCUT2D eigenvalue weighted by atomic mass is 16.5. The van der Waals surface area contributed by atoms with E-state index in [0.717, 1.165) is 28.0 Å². The van der Waals surface area contributed by atoms with Crippen LogP contribution in [0.2, 0.25) is 0 Å². The monoisotopic (exact) mass is 492 g/mol. The van der Waals surface area contributed by atoms with Crippen molar-refractivity contribution in [2.24, 2.45) is 0 Å². The second-order valence-corrected chi connectivity index (χ2v) is 8.94. The van der Waals surface area contributed by atoms with Gasteiger partial charge in [-0.25, -0.2) is 0 Å². The number of nitrogens with zero attached hydrogens (tertiary/aromatic N) is 1. The van der Waals surface area contributed by atoms with Crippen LogP contribution in [0.25, 0.3) is 0 Å². The van der Waals surface area contributed by atoms with Crippen LogP contribution in [0.5, 0.6) is 5.75 Å². The normalized spacial score (nSPS) is 11.4. The van der Waals surface area contributed by atoms with Gasteiger partial charge in [-0.15, -0.1) is 0 Å². The number of methoxy groups -OCH3 is 1. The first-order valence-electron chi connectivity index (χ1n) is 12.4. The zero-order valence-electron chi connectivity index (χ0n) is 21.0. The van der Waals surface area contributed by atoms with Crippen LogP contribution >= 0.6 is 0 Å². The number of hydrogen-bond donors (Lipinski definition) is 1. The Morgan fingerprint density at radius 1 is 0.703 bits per heavy atom. The van der Waals surface area contributed by atoms with E-state index in [9.17, 15) is 9.59 Å². The maximum absolute atomic E-state index is 13.7. The third kappa shape index (κ3) is 7.55. The van der Waals surface area contributed by atoms with E-state index in [0.29, 0.717) is 19.5 Å². The third-order valence-electron chi connectivity index (χ3n) is 6.29. The second-order valence-electron chi connectivity index (χ2n) is 8.94. The molecule has 0 aliphatic rings. The average molecular weight is 493 g/mol. The first-order valence-corrected chi connectivity index (χ1v) is 12.4. The molecule has 4 aromatic carbocycles. The molecule has 5 nitrogen and oxygen atoms in total. The molecule has 0 heterocycles. The van der Waals surface area contributed by atoms with Crippen molar-refractivity contribution in [2.45, 2.75) is 32.0 Å². The van der Waals surface area contributed by atoms with Crippen LogP contribution < -0.4 is 10.1 Å². The lowest BCUT2D eigenvalue weighted by atomic mass is 10.0. The van der Waals surface area contributed by atoms with Crippen LogP contribution in [0.3, 0.4) is 0 Å².